The van der Waals surface area contributed by atoms with Crippen LogP contribution in [0.15, 0.2) is 30.3 Å². The van der Waals surface area contributed by atoms with Crippen molar-refractivity contribution in [3.63, 3.8) is 0 Å². The van der Waals surface area contributed by atoms with Gasteiger partial charge in [-0.05, 0) is 38.7 Å². The molecular formula is C15H24N2O. The smallest absolute Gasteiger partial charge is 0.237 e. The third kappa shape index (κ3) is 4.88. The molecule has 0 fully saturated rings. The average Bonchev–Trinajstić information content (AvgIpc) is 2.36. The van der Waals surface area contributed by atoms with Gasteiger partial charge >= 0.3 is 0 Å². The third-order valence-electron chi connectivity index (χ3n) is 3.12. The van der Waals surface area contributed by atoms with Crippen LogP contribution in [0.4, 0.5) is 0 Å². The minimum absolute atomic E-state index is 0.0597. The van der Waals surface area contributed by atoms with Crippen molar-refractivity contribution < 1.29 is 4.79 Å². The lowest BCUT2D eigenvalue weighted by Gasteiger charge is -2.27. The number of nitrogens with one attached hydrogen (secondary N) is 1. The largest absolute Gasteiger partial charge is 0.350 e. The van der Waals surface area contributed by atoms with Crippen LogP contribution >= 0.6 is 0 Å². The Bertz CT molecular complexity index is 373. The van der Waals surface area contributed by atoms with E-state index < -0.39 is 6.04 Å². The van der Waals surface area contributed by atoms with Gasteiger partial charge in [-0.1, -0.05) is 37.3 Å². The molecule has 1 aromatic carbocycles. The number of benzene rings is 1. The number of hydrogen-bond donors (Lipinski definition) is 2. The molecule has 0 bridgehead atoms. The number of carbonyl (C=O) groups is 1. The minimum Gasteiger partial charge on any atom is -0.350 e. The first kappa shape index (κ1) is 14.7. The lowest BCUT2D eigenvalue weighted by Crippen LogP contribution is -2.50. The predicted octanol–water partition coefficient (Wildman–Crippen LogP) is 2.25. The predicted molar refractivity (Wildman–Crippen MR) is 75.3 cm³/mol. The quantitative estimate of drug-likeness (QED) is 0.811. The van der Waals surface area contributed by atoms with Crippen molar-refractivity contribution in [1.82, 2.24) is 5.32 Å². The second-order valence-corrected chi connectivity index (χ2v) is 5.37. The summed E-state index contributed by atoms with van der Waals surface area (Å²) in [6, 6.07) is 9.89. The molecule has 1 amide bonds. The highest BCUT2D eigenvalue weighted by molar-refractivity contribution is 5.82. The summed E-state index contributed by atoms with van der Waals surface area (Å²) in [5, 5.41) is 3.01. The first-order chi connectivity index (χ1) is 8.44. The van der Waals surface area contributed by atoms with Gasteiger partial charge < -0.3 is 11.1 Å². The van der Waals surface area contributed by atoms with E-state index in [0.29, 0.717) is 6.42 Å². The molecule has 0 aliphatic heterocycles. The lowest BCUT2D eigenvalue weighted by atomic mass is 9.94. The van der Waals surface area contributed by atoms with Crippen molar-refractivity contribution in [3.8, 4) is 0 Å². The molecule has 0 aliphatic carbocycles. The van der Waals surface area contributed by atoms with Crippen molar-refractivity contribution in [2.45, 2.75) is 51.6 Å². The van der Waals surface area contributed by atoms with Crippen LogP contribution in [0.25, 0.3) is 0 Å². The molecule has 0 aromatic heterocycles. The first-order valence-electron chi connectivity index (χ1n) is 6.56. The van der Waals surface area contributed by atoms with Gasteiger partial charge in [0, 0.05) is 5.54 Å². The maximum Gasteiger partial charge on any atom is 0.237 e. The lowest BCUT2D eigenvalue weighted by molar-refractivity contribution is -0.124. The van der Waals surface area contributed by atoms with E-state index >= 15 is 0 Å². The van der Waals surface area contributed by atoms with Gasteiger partial charge in [-0.25, -0.2) is 0 Å². The highest BCUT2D eigenvalue weighted by Gasteiger charge is 2.22. The maximum absolute atomic E-state index is 11.8. The van der Waals surface area contributed by atoms with Gasteiger partial charge in [-0.3, -0.25) is 4.79 Å². The van der Waals surface area contributed by atoms with Gasteiger partial charge in [0.1, 0.15) is 0 Å². The molecule has 3 nitrogen and oxygen atoms in total. The third-order valence-corrected chi connectivity index (χ3v) is 3.12. The van der Waals surface area contributed by atoms with Crippen LogP contribution in [0.3, 0.4) is 0 Å². The Labute approximate surface area is 110 Å². The summed E-state index contributed by atoms with van der Waals surface area (Å²) in [5.74, 6) is -0.0597. The van der Waals surface area contributed by atoms with E-state index in [0.717, 1.165) is 12.8 Å². The van der Waals surface area contributed by atoms with Gasteiger partial charge in [-0.15, -0.1) is 0 Å². The van der Waals surface area contributed by atoms with Crippen molar-refractivity contribution in [2.75, 3.05) is 0 Å². The van der Waals surface area contributed by atoms with E-state index in [9.17, 15) is 4.79 Å². The number of nitrogens with two attached hydrogens (primary N) is 1. The zero-order valence-corrected chi connectivity index (χ0v) is 11.6. The van der Waals surface area contributed by atoms with Gasteiger partial charge in [0.25, 0.3) is 0 Å². The van der Waals surface area contributed by atoms with E-state index in [1.165, 1.54) is 5.56 Å². The summed E-state index contributed by atoms with van der Waals surface area (Å²) in [6.07, 6.45) is 2.52. The van der Waals surface area contributed by atoms with E-state index in [-0.39, 0.29) is 11.4 Å². The van der Waals surface area contributed by atoms with Crippen LogP contribution in [0.2, 0.25) is 0 Å². The van der Waals surface area contributed by atoms with E-state index in [2.05, 4.69) is 17.4 Å². The molecule has 3 N–H and O–H groups in total. The van der Waals surface area contributed by atoms with E-state index in [1.807, 2.05) is 39.0 Å². The Morgan fingerprint density at radius 1 is 1.33 bits per heavy atom. The number of aryl methyl sites for hydroxylation is 1. The summed E-state index contributed by atoms with van der Waals surface area (Å²) in [7, 11) is 0. The van der Waals surface area contributed by atoms with Crippen LogP contribution in [0.5, 0.6) is 0 Å². The Morgan fingerprint density at radius 2 is 1.94 bits per heavy atom. The summed E-state index contributed by atoms with van der Waals surface area (Å²) in [5.41, 5.74) is 6.79. The number of rotatable bonds is 6. The fraction of sp³-hybridized carbons (Fsp3) is 0.533. The Balaban J connectivity index is 2.47. The molecule has 1 rings (SSSR count). The van der Waals surface area contributed by atoms with Gasteiger partial charge in [0.05, 0.1) is 6.04 Å². The summed E-state index contributed by atoms with van der Waals surface area (Å²) < 4.78 is 0. The van der Waals surface area contributed by atoms with E-state index in [1.54, 1.807) is 0 Å². The molecule has 18 heavy (non-hydrogen) atoms. The molecule has 0 unspecified atom stereocenters. The van der Waals surface area contributed by atoms with Crippen molar-refractivity contribution >= 4 is 5.91 Å². The molecule has 1 aromatic rings. The summed E-state index contributed by atoms with van der Waals surface area (Å²) in [6.45, 7) is 5.99. The van der Waals surface area contributed by atoms with Gasteiger partial charge in [0.15, 0.2) is 0 Å². The van der Waals surface area contributed by atoms with Crippen LogP contribution in [-0.4, -0.2) is 17.5 Å². The normalized spacial score (nSPS) is 13.1. The SMILES string of the molecule is CC[C@@H](N)C(=O)NC(C)(C)CCc1ccccc1. The molecule has 0 saturated heterocycles. The topological polar surface area (TPSA) is 55.1 Å². The molecule has 1 atom stereocenters. The van der Waals surface area contributed by atoms with Crippen molar-refractivity contribution in [1.29, 1.82) is 0 Å². The average molecular weight is 248 g/mol. The fourth-order valence-corrected chi connectivity index (χ4v) is 1.78. The highest BCUT2D eigenvalue weighted by Crippen LogP contribution is 2.13. The molecule has 0 aliphatic rings. The van der Waals surface area contributed by atoms with Crippen LogP contribution in [0, 0.1) is 0 Å². The molecule has 0 heterocycles. The first-order valence-corrected chi connectivity index (χ1v) is 6.56. The molecule has 100 valence electrons. The highest BCUT2D eigenvalue weighted by atomic mass is 16.2. The standard InChI is InChI=1S/C15H24N2O/c1-4-13(16)14(18)17-15(2,3)11-10-12-8-6-5-7-9-12/h5-9,13H,4,10-11,16H2,1-3H3,(H,17,18)/t13-/m1/s1. The summed E-state index contributed by atoms with van der Waals surface area (Å²) >= 11 is 0. The number of amides is 1. The molecule has 0 radical (unpaired) electrons. The van der Waals surface area contributed by atoms with Crippen LogP contribution < -0.4 is 11.1 Å². The Kier molecular flexibility index (Phi) is 5.35. The molecule has 0 spiro atoms. The van der Waals surface area contributed by atoms with Crippen LogP contribution in [0.1, 0.15) is 39.2 Å². The van der Waals surface area contributed by atoms with Gasteiger partial charge in [-0.2, -0.15) is 0 Å². The number of hydrogen-bond acceptors (Lipinski definition) is 2. The molecule has 3 heteroatoms. The fourth-order valence-electron chi connectivity index (χ4n) is 1.78. The second kappa shape index (κ2) is 6.55. The van der Waals surface area contributed by atoms with Crippen molar-refractivity contribution in [2.24, 2.45) is 5.73 Å². The van der Waals surface area contributed by atoms with Crippen LogP contribution in [-0.2, 0) is 11.2 Å². The maximum atomic E-state index is 11.8. The zero-order chi connectivity index (χ0) is 13.6. The Morgan fingerprint density at radius 3 is 2.50 bits per heavy atom. The Hall–Kier alpha value is -1.35. The number of carbonyl (C=O) groups excluding carboxylic acids is 1. The molecular weight excluding hydrogens is 224 g/mol. The minimum atomic E-state index is -0.402. The van der Waals surface area contributed by atoms with Gasteiger partial charge in [0.2, 0.25) is 5.91 Å². The van der Waals surface area contributed by atoms with E-state index in [4.69, 9.17) is 5.73 Å². The zero-order valence-electron chi connectivity index (χ0n) is 11.6. The second-order valence-electron chi connectivity index (χ2n) is 5.37. The molecule has 0 saturated carbocycles. The van der Waals surface area contributed by atoms with Crippen molar-refractivity contribution in [3.05, 3.63) is 35.9 Å². The monoisotopic (exact) mass is 248 g/mol. The summed E-state index contributed by atoms with van der Waals surface area (Å²) in [4.78, 5) is 11.8.